The largest absolute Gasteiger partial charge is 0.392 e. The molecule has 2 saturated carbocycles. The van der Waals surface area contributed by atoms with E-state index in [0.29, 0.717) is 18.3 Å². The molecule has 1 aromatic rings. The van der Waals surface area contributed by atoms with Gasteiger partial charge in [-0.2, -0.15) is 0 Å². The molecule has 0 aliphatic heterocycles. The molecule has 1 aromatic carbocycles. The minimum Gasteiger partial charge on any atom is -0.392 e. The van der Waals surface area contributed by atoms with Crippen LogP contribution in [-0.2, 0) is 4.79 Å². The predicted molar refractivity (Wildman–Crippen MR) is 132 cm³/mol. The molecule has 4 aliphatic rings. The second kappa shape index (κ2) is 8.25. The Bertz CT molecular complexity index is 1030. The van der Waals surface area contributed by atoms with Crippen molar-refractivity contribution in [2.45, 2.75) is 63.4 Å². The van der Waals surface area contributed by atoms with E-state index >= 15 is 0 Å². The molecule has 2 N–H and O–H groups in total. The van der Waals surface area contributed by atoms with Crippen LogP contribution in [0.15, 0.2) is 59.2 Å². The van der Waals surface area contributed by atoms with E-state index < -0.39 is 5.60 Å². The molecule has 176 valence electrons. The van der Waals surface area contributed by atoms with Crippen molar-refractivity contribution in [1.29, 1.82) is 0 Å². The third kappa shape index (κ3) is 3.54. The summed E-state index contributed by atoms with van der Waals surface area (Å²) in [6.07, 6.45) is 11.7. The minimum atomic E-state index is -0.892. The number of allylic oxidation sites excluding steroid dienone is 4. The summed E-state index contributed by atoms with van der Waals surface area (Å²) in [6.45, 7) is 2.24. The molecule has 2 fully saturated rings. The van der Waals surface area contributed by atoms with Crippen molar-refractivity contribution in [2.75, 3.05) is 25.6 Å². The van der Waals surface area contributed by atoms with Crippen molar-refractivity contribution >= 4 is 11.5 Å². The fourth-order valence-electron chi connectivity index (χ4n) is 7.52. The van der Waals surface area contributed by atoms with Crippen molar-refractivity contribution < 1.29 is 15.0 Å². The Morgan fingerprint density at radius 3 is 2.58 bits per heavy atom. The second-order valence-corrected chi connectivity index (χ2v) is 11.0. The van der Waals surface area contributed by atoms with E-state index in [1.807, 2.05) is 12.2 Å². The highest BCUT2D eigenvalue weighted by Gasteiger charge is 2.61. The van der Waals surface area contributed by atoms with Crippen molar-refractivity contribution in [3.8, 4) is 0 Å². The Balaban J connectivity index is 1.65. The quantitative estimate of drug-likeness (QED) is 0.643. The summed E-state index contributed by atoms with van der Waals surface area (Å²) in [5, 5.41) is 21.3. The molecule has 33 heavy (non-hydrogen) atoms. The van der Waals surface area contributed by atoms with Gasteiger partial charge in [-0.3, -0.25) is 4.79 Å². The maximum atomic E-state index is 12.2. The Morgan fingerprint density at radius 1 is 1.12 bits per heavy atom. The lowest BCUT2D eigenvalue weighted by atomic mass is 9.51. The van der Waals surface area contributed by atoms with Crippen LogP contribution in [-0.4, -0.2) is 42.3 Å². The molecule has 0 amide bonds. The molecule has 5 atom stereocenters. The first-order chi connectivity index (χ1) is 15.8. The van der Waals surface area contributed by atoms with Gasteiger partial charge in [0.15, 0.2) is 5.78 Å². The van der Waals surface area contributed by atoms with Gasteiger partial charge in [0, 0.05) is 37.5 Å². The molecule has 0 bridgehead atoms. The molecule has 0 aromatic heterocycles. The van der Waals surface area contributed by atoms with E-state index in [2.05, 4.69) is 50.2 Å². The molecule has 1 unspecified atom stereocenters. The molecule has 0 spiro atoms. The summed E-state index contributed by atoms with van der Waals surface area (Å²) >= 11 is 0. The summed E-state index contributed by atoms with van der Waals surface area (Å²) in [4.78, 5) is 14.3. The van der Waals surface area contributed by atoms with E-state index in [1.54, 1.807) is 11.6 Å². The van der Waals surface area contributed by atoms with Crippen LogP contribution in [0.1, 0.15) is 63.4 Å². The van der Waals surface area contributed by atoms with Crippen molar-refractivity contribution in [2.24, 2.45) is 17.3 Å². The number of fused-ring (bicyclic) bond motifs is 4. The molecule has 4 nitrogen and oxygen atoms in total. The molecule has 5 rings (SSSR count). The number of hydrogen-bond acceptors (Lipinski definition) is 4. The second-order valence-electron chi connectivity index (χ2n) is 11.0. The first-order valence-electron chi connectivity index (χ1n) is 12.5. The van der Waals surface area contributed by atoms with E-state index in [1.165, 1.54) is 22.4 Å². The monoisotopic (exact) mass is 447 g/mol. The maximum Gasteiger partial charge on any atom is 0.156 e. The topological polar surface area (TPSA) is 60.8 Å². The number of nitrogens with zero attached hydrogens (tertiary/aromatic N) is 1. The summed E-state index contributed by atoms with van der Waals surface area (Å²) in [6, 6.07) is 8.91. The van der Waals surface area contributed by atoms with Crippen LogP contribution in [0.3, 0.4) is 0 Å². The van der Waals surface area contributed by atoms with Gasteiger partial charge in [-0.1, -0.05) is 36.8 Å². The molecular weight excluding hydrogens is 410 g/mol. The number of benzene rings is 1. The fourth-order valence-corrected chi connectivity index (χ4v) is 7.52. The molecular formula is C29H37NO3. The van der Waals surface area contributed by atoms with Gasteiger partial charge in [0.25, 0.3) is 0 Å². The summed E-state index contributed by atoms with van der Waals surface area (Å²) < 4.78 is 0. The summed E-state index contributed by atoms with van der Waals surface area (Å²) in [7, 11) is 4.12. The van der Waals surface area contributed by atoms with Gasteiger partial charge >= 0.3 is 0 Å². The third-order valence-corrected chi connectivity index (χ3v) is 9.26. The Morgan fingerprint density at radius 2 is 1.88 bits per heavy atom. The van der Waals surface area contributed by atoms with Crippen LogP contribution in [0.2, 0.25) is 0 Å². The molecule has 0 radical (unpaired) electrons. The third-order valence-electron chi connectivity index (χ3n) is 9.26. The fraction of sp³-hybridized carbons (Fsp3) is 0.552. The Kier molecular flexibility index (Phi) is 5.65. The van der Waals surface area contributed by atoms with Crippen LogP contribution in [0.25, 0.3) is 0 Å². The van der Waals surface area contributed by atoms with Crippen LogP contribution in [0, 0.1) is 17.3 Å². The van der Waals surface area contributed by atoms with Gasteiger partial charge in [0.2, 0.25) is 0 Å². The lowest BCUT2D eigenvalue weighted by molar-refractivity contribution is -0.114. The SMILES string of the molecule is CN(C)c1ccc([C@H]2C[C@@]3(C)C(CC[C@@]3(O)/C=C\CO)[C@@H]3CCC4=CC(=O)CCC4=C32)cc1. The minimum absolute atomic E-state index is 0.0423. The molecule has 0 heterocycles. The smallest absolute Gasteiger partial charge is 0.156 e. The standard InChI is InChI=1S/C29H37NO3/c1-28-18-25(19-5-8-21(9-6-19)30(2)3)27-23-12-10-22(32)17-20(23)7-11-24(27)26(28)13-15-29(28,33)14-4-16-31/h4-6,8-9,14,17,24-26,31,33H,7,10-13,15-16,18H2,1-3H3/b14-4-/t24-,25+,26?,28-,29-/m0/s1. The highest BCUT2D eigenvalue weighted by Crippen LogP contribution is 2.67. The highest BCUT2D eigenvalue weighted by molar-refractivity contribution is 5.93. The highest BCUT2D eigenvalue weighted by atomic mass is 16.3. The van der Waals surface area contributed by atoms with Gasteiger partial charge in [0.1, 0.15) is 0 Å². The van der Waals surface area contributed by atoms with Crippen LogP contribution in [0.4, 0.5) is 5.69 Å². The molecule has 0 saturated heterocycles. The lowest BCUT2D eigenvalue weighted by Crippen LogP contribution is -2.50. The van der Waals surface area contributed by atoms with E-state index in [4.69, 9.17) is 0 Å². The average molecular weight is 448 g/mol. The van der Waals surface area contributed by atoms with Gasteiger partial charge < -0.3 is 15.1 Å². The Hall–Kier alpha value is -2.17. The number of aliphatic hydroxyl groups is 2. The zero-order valence-corrected chi connectivity index (χ0v) is 20.2. The van der Waals surface area contributed by atoms with Gasteiger partial charge in [0.05, 0.1) is 12.2 Å². The normalized spacial score (nSPS) is 35.8. The van der Waals surface area contributed by atoms with Crippen molar-refractivity contribution in [3.63, 3.8) is 0 Å². The number of rotatable bonds is 4. The number of carbonyl (C=O) groups excluding carboxylic acids is 1. The zero-order valence-electron chi connectivity index (χ0n) is 20.2. The summed E-state index contributed by atoms with van der Waals surface area (Å²) in [5.41, 5.74) is 5.62. The number of aliphatic hydroxyl groups excluding tert-OH is 1. The van der Waals surface area contributed by atoms with E-state index in [0.717, 1.165) is 38.5 Å². The van der Waals surface area contributed by atoms with Crippen molar-refractivity contribution in [3.05, 3.63) is 64.8 Å². The van der Waals surface area contributed by atoms with Crippen LogP contribution >= 0.6 is 0 Å². The summed E-state index contributed by atoms with van der Waals surface area (Å²) in [5.74, 6) is 1.38. The number of ketones is 1. The first-order valence-corrected chi connectivity index (χ1v) is 12.5. The number of anilines is 1. The van der Waals surface area contributed by atoms with E-state index in [9.17, 15) is 15.0 Å². The molecule has 4 heteroatoms. The Labute approximate surface area is 197 Å². The van der Waals surface area contributed by atoms with Gasteiger partial charge in [-0.25, -0.2) is 0 Å². The van der Waals surface area contributed by atoms with Gasteiger partial charge in [-0.05, 0) is 85.3 Å². The number of hydrogen-bond donors (Lipinski definition) is 2. The van der Waals surface area contributed by atoms with Crippen molar-refractivity contribution in [1.82, 2.24) is 0 Å². The van der Waals surface area contributed by atoms with E-state index in [-0.39, 0.29) is 23.7 Å². The number of carbonyl (C=O) groups is 1. The lowest BCUT2D eigenvalue weighted by Gasteiger charge is -2.54. The van der Waals surface area contributed by atoms with Crippen LogP contribution in [0.5, 0.6) is 0 Å². The predicted octanol–water partition coefficient (Wildman–Crippen LogP) is 4.93. The van der Waals surface area contributed by atoms with Gasteiger partial charge in [-0.15, -0.1) is 0 Å². The molecule has 4 aliphatic carbocycles. The first kappa shape index (κ1) is 22.6. The average Bonchev–Trinajstić information content (AvgIpc) is 3.07. The van der Waals surface area contributed by atoms with Crippen LogP contribution < -0.4 is 4.90 Å². The maximum absolute atomic E-state index is 12.2. The zero-order chi connectivity index (χ0) is 23.4.